The van der Waals surface area contributed by atoms with E-state index in [0.717, 1.165) is 104 Å². The molecule has 0 aliphatic carbocycles. The Morgan fingerprint density at radius 1 is 0.250 bits per heavy atom. The summed E-state index contributed by atoms with van der Waals surface area (Å²) in [6.45, 7) is 51.2. The van der Waals surface area contributed by atoms with E-state index in [0.29, 0.717) is 39.3 Å². The monoisotopic (exact) mass is 1810 g/mol. The van der Waals surface area contributed by atoms with Gasteiger partial charge in [-0.1, -0.05) is 239 Å². The van der Waals surface area contributed by atoms with Crippen LogP contribution in [-0.2, 0) is 28.8 Å². The van der Waals surface area contributed by atoms with E-state index in [-0.39, 0.29) is 8.80 Å². The van der Waals surface area contributed by atoms with E-state index in [1.807, 2.05) is 66.7 Å². The van der Waals surface area contributed by atoms with Crippen LogP contribution in [-0.4, -0.2) is 173 Å². The summed E-state index contributed by atoms with van der Waals surface area (Å²) in [5, 5.41) is 8.26. The van der Waals surface area contributed by atoms with Gasteiger partial charge in [0.1, 0.15) is 0 Å². The molecule has 7 aromatic rings. The molecule has 0 radical (unpaired) electrons. The van der Waals surface area contributed by atoms with Gasteiger partial charge in [0, 0.05) is 8.80 Å². The Bertz CT molecular complexity index is 3370. The molecule has 0 aliphatic rings. The van der Waals surface area contributed by atoms with Gasteiger partial charge in [0.2, 0.25) is 16.6 Å². The minimum atomic E-state index is -3.11. The van der Waals surface area contributed by atoms with Crippen LogP contribution in [0.15, 0.2) is 212 Å². The molecular formula is C86H163N9O8Si13. The average molecular weight is 1820 g/mol. The van der Waals surface area contributed by atoms with Crippen molar-refractivity contribution in [2.75, 3.05) is 58.9 Å². The van der Waals surface area contributed by atoms with Gasteiger partial charge in [-0.3, -0.25) is 0 Å². The highest BCUT2D eigenvalue weighted by atomic mass is 28.5. The summed E-state index contributed by atoms with van der Waals surface area (Å²) in [6, 6.07) is 84.1. The summed E-state index contributed by atoms with van der Waals surface area (Å²) in [5.41, 5.74) is 51.4. The topological polar surface area (TPSA) is 319 Å². The molecule has 0 aliphatic heterocycles. The van der Waals surface area contributed by atoms with Crippen LogP contribution in [0.4, 0.5) is 0 Å². The molecule has 116 heavy (non-hydrogen) atoms. The summed E-state index contributed by atoms with van der Waals surface area (Å²) in [6.07, 6.45) is 5.12. The van der Waals surface area contributed by atoms with Crippen molar-refractivity contribution in [3.8, 4) is 0 Å². The molecule has 7 aromatic carbocycles. The lowest BCUT2D eigenvalue weighted by molar-refractivity contribution is 0.388. The molecule has 7 rings (SSSR count). The number of hydrogen-bond acceptors (Lipinski definition) is 17. The Kier molecular flexibility index (Phi) is 50.9. The highest BCUT2D eigenvalue weighted by Crippen LogP contribution is 2.30. The summed E-state index contributed by atoms with van der Waals surface area (Å²) in [4.78, 5) is 11.5. The molecule has 0 bridgehead atoms. The molecule has 0 saturated carbocycles. The molecule has 0 unspecified atom stereocenters. The van der Waals surface area contributed by atoms with Crippen LogP contribution in [0.25, 0.3) is 0 Å². The van der Waals surface area contributed by atoms with Gasteiger partial charge in [-0.05, 0) is 293 Å². The van der Waals surface area contributed by atoms with E-state index in [4.69, 9.17) is 80.4 Å². The number of hydrogen-bond donors (Lipinski definition) is 10. The lowest BCUT2D eigenvalue weighted by atomic mass is 10.4. The summed E-state index contributed by atoms with van der Waals surface area (Å²) in [7, 11) is -25.1. The van der Waals surface area contributed by atoms with Gasteiger partial charge >= 0.3 is 25.7 Å². The van der Waals surface area contributed by atoms with E-state index in [2.05, 4.69) is 277 Å². The molecule has 19 N–H and O–H groups in total. The number of nitrogens with two attached hydrogens (primary N) is 9. The molecule has 0 aromatic heterocycles. The van der Waals surface area contributed by atoms with Gasteiger partial charge in [-0.15, -0.1) is 0 Å². The minimum Gasteiger partial charge on any atom is -0.455 e. The molecule has 0 atom stereocenters. The molecule has 17 nitrogen and oxygen atoms in total. The van der Waals surface area contributed by atoms with E-state index < -0.39 is 101 Å². The zero-order valence-electron chi connectivity index (χ0n) is 75.8. The number of benzene rings is 7. The number of rotatable bonds is 45. The van der Waals surface area contributed by atoms with Crippen molar-refractivity contribution >= 4 is 146 Å². The Balaban J connectivity index is 0.000000499. The zero-order valence-corrected chi connectivity index (χ0v) is 88.9. The second-order valence-electron chi connectivity index (χ2n) is 35.7. The maximum absolute atomic E-state index is 11.5. The third-order valence-corrected chi connectivity index (χ3v) is 69.5. The van der Waals surface area contributed by atoms with Crippen LogP contribution in [0.1, 0.15) is 39.0 Å². The fourth-order valence-electron chi connectivity index (χ4n) is 14.9. The predicted octanol–water partition coefficient (Wildman–Crippen LogP) is 13.0. The first-order chi connectivity index (χ1) is 54.5. The molecule has 0 amide bonds. The highest BCUT2D eigenvalue weighted by Gasteiger charge is 2.51. The Morgan fingerprint density at radius 2 is 0.483 bits per heavy atom. The van der Waals surface area contributed by atoms with E-state index in [1.54, 1.807) is 0 Å². The summed E-state index contributed by atoms with van der Waals surface area (Å²) < 4.78 is 46.9. The van der Waals surface area contributed by atoms with Gasteiger partial charge in [0.05, 0.1) is 0 Å². The fourth-order valence-corrected chi connectivity index (χ4v) is 69.4. The van der Waals surface area contributed by atoms with Crippen molar-refractivity contribution in [1.82, 2.24) is 0 Å². The molecule has 30 heteroatoms. The van der Waals surface area contributed by atoms with Crippen LogP contribution in [0.2, 0.25) is 185 Å². The first-order valence-electron chi connectivity index (χ1n) is 42.8. The Labute approximate surface area is 720 Å². The van der Waals surface area contributed by atoms with Crippen molar-refractivity contribution in [1.29, 1.82) is 0 Å². The second kappa shape index (κ2) is 54.3. The van der Waals surface area contributed by atoms with Crippen LogP contribution >= 0.6 is 0 Å². The predicted molar refractivity (Wildman–Crippen MR) is 538 cm³/mol. The Morgan fingerprint density at radius 3 is 0.716 bits per heavy atom. The molecule has 0 saturated heterocycles. The van der Waals surface area contributed by atoms with Crippen LogP contribution in [0.5, 0.6) is 0 Å². The van der Waals surface area contributed by atoms with Gasteiger partial charge in [-0.25, -0.2) is 0 Å². The third-order valence-electron chi connectivity index (χ3n) is 19.9. The smallest absolute Gasteiger partial charge is 0.394 e. The minimum absolute atomic E-state index is 0.296. The molecule has 0 fully saturated rings. The largest absolute Gasteiger partial charge is 0.455 e. The van der Waals surface area contributed by atoms with Gasteiger partial charge in [-0.2, -0.15) is 0 Å². The molecule has 0 heterocycles. The third kappa shape index (κ3) is 41.2. The quantitative estimate of drug-likeness (QED) is 0.0159. The maximum atomic E-state index is 11.5. The standard InChI is InChI=1S/C30H36N2OSi2.C17H24O2Si2.C15H32N2O2Si3.C10H30N2O2Si3.C10H28N2OSi2.C4H13NSi/c31-23-13-25-34(27-15-5-1-6-16-27,28-17-7-2-8-18-28)33-35(26-14-24-32,29-19-9-3-10-20-29)30-21-11-4-12-22-30;1-4-15-20(2,3)19-21(18,16-11-7-5-8-12-16)17-13-9-6-10-14-17;1-20(2,13-11-16)18-22(5,15-9-7-6-8-10-15)19-21(3,4)14-12-17;1-15(2,9-7-11)13-17(5,6)14-16(3,4)10-8-12;1-14(2,9-5-7-11)13-15(3,4)10-6-8-12;1-6(2)4-3-5/h1-12,15-22H,13-14,23-26,31-32H2;5-14,18H,4,15H2,1-3H3;6-10H,11-14,16-17H2,1-5H3;7-12H2,1-6H3;5-12H2,1-4H3;6H,3-5H2,1-2H3. The van der Waals surface area contributed by atoms with E-state index in [1.165, 1.54) is 44.1 Å². The van der Waals surface area contributed by atoms with Crippen molar-refractivity contribution in [2.24, 2.45) is 51.6 Å². The zero-order chi connectivity index (χ0) is 87.3. The van der Waals surface area contributed by atoms with Gasteiger partial charge in [0.25, 0.3) is 0 Å². The molecule has 0 spiro atoms. The summed E-state index contributed by atoms with van der Waals surface area (Å²) in [5.74, 6) is 0. The molecular weight excluding hydrogens is 1650 g/mol. The summed E-state index contributed by atoms with van der Waals surface area (Å²) >= 11 is 0. The van der Waals surface area contributed by atoms with Crippen molar-refractivity contribution in [3.63, 3.8) is 0 Å². The van der Waals surface area contributed by atoms with Crippen molar-refractivity contribution < 1.29 is 33.6 Å². The first kappa shape index (κ1) is 109. The van der Waals surface area contributed by atoms with Crippen molar-refractivity contribution in [3.05, 3.63) is 212 Å². The van der Waals surface area contributed by atoms with E-state index in [9.17, 15) is 4.80 Å². The normalized spacial score (nSPS) is 12.7. The molecule has 652 valence electrons. The van der Waals surface area contributed by atoms with Crippen LogP contribution in [0.3, 0.4) is 0 Å². The highest BCUT2D eigenvalue weighted by molar-refractivity contribution is 7.09. The average Bonchev–Trinajstić information content (AvgIpc) is 0.739. The van der Waals surface area contributed by atoms with Crippen LogP contribution < -0.4 is 87.9 Å². The van der Waals surface area contributed by atoms with Crippen LogP contribution in [0, 0.1) is 0 Å². The first-order valence-corrected chi connectivity index (χ1v) is 79.0. The second-order valence-corrected chi connectivity index (χ2v) is 87.2. The lowest BCUT2D eigenvalue weighted by Crippen LogP contribution is -2.73. The van der Waals surface area contributed by atoms with Crippen molar-refractivity contribution in [2.45, 2.75) is 224 Å². The van der Waals surface area contributed by atoms with E-state index >= 15 is 0 Å². The fraction of sp³-hybridized carbons (Fsp3) is 0.512. The lowest BCUT2D eigenvalue weighted by Gasteiger charge is -2.43. The SMILES string of the molecule is CCC[Si](C)(C)O[Si](O)(c1ccccc1)c1ccccc1.C[SiH](C)CCN.C[Si](C)(CCCN)O[Si](C)(C)CCCN.C[Si](C)(CCN)O[Si](C)(C)O[Si](C)(C)CCN.C[Si](C)(CCN)O[Si](C)(O[Si](C)(C)CCN)c1ccccc1.NCCC[Si](O[Si](CCCN)(c1ccccc1)c1ccccc1)(c1ccccc1)c1ccccc1. The van der Waals surface area contributed by atoms with Gasteiger partial charge < -0.3 is 85.2 Å². The maximum Gasteiger partial charge on any atom is 0.394 e. The van der Waals surface area contributed by atoms with Gasteiger partial charge in [0.15, 0.2) is 58.2 Å². The Hall–Kier alpha value is -3.32.